The van der Waals surface area contributed by atoms with E-state index in [4.69, 9.17) is 11.6 Å². The molecule has 2 rings (SSSR count). The first-order valence-corrected chi connectivity index (χ1v) is 5.29. The van der Waals surface area contributed by atoms with Crippen LogP contribution in [0.5, 0.6) is 0 Å². The summed E-state index contributed by atoms with van der Waals surface area (Å²) in [7, 11) is 0. The van der Waals surface area contributed by atoms with E-state index in [0.717, 1.165) is 11.8 Å². The number of benzene rings is 1. The van der Waals surface area contributed by atoms with Crippen LogP contribution in [0.15, 0.2) is 30.3 Å². The molecule has 1 aromatic rings. The largest absolute Gasteiger partial charge is 0.396 e. The first-order valence-electron chi connectivity index (χ1n) is 4.91. The van der Waals surface area contributed by atoms with E-state index in [0.29, 0.717) is 0 Å². The summed E-state index contributed by atoms with van der Waals surface area (Å²) in [6.07, 6.45) is 0.752. The summed E-state index contributed by atoms with van der Waals surface area (Å²) in [6, 6.07) is 9.61. The van der Waals surface area contributed by atoms with Crippen molar-refractivity contribution >= 4 is 17.9 Å². The van der Waals surface area contributed by atoms with Gasteiger partial charge in [0.25, 0.3) is 0 Å². The number of aliphatic hydroxyl groups is 1. The van der Waals surface area contributed by atoms with Crippen molar-refractivity contribution in [3.63, 3.8) is 0 Å². The van der Waals surface area contributed by atoms with Crippen LogP contribution < -0.4 is 0 Å². The Balaban J connectivity index is 2.38. The highest BCUT2D eigenvalue weighted by molar-refractivity contribution is 6.36. The van der Waals surface area contributed by atoms with E-state index >= 15 is 0 Å². The van der Waals surface area contributed by atoms with Crippen molar-refractivity contribution in [3.05, 3.63) is 35.9 Å². The molecule has 0 saturated heterocycles. The fourth-order valence-electron chi connectivity index (χ4n) is 2.33. The number of aliphatic hydroxyl groups excluding tert-OH is 1. The molecule has 80 valence electrons. The quantitative estimate of drug-likeness (QED) is 0.630. The third kappa shape index (κ3) is 1.25. The van der Waals surface area contributed by atoms with Crippen molar-refractivity contribution in [1.82, 2.24) is 0 Å². The van der Waals surface area contributed by atoms with Gasteiger partial charge in [-0.15, -0.1) is 11.6 Å². The van der Waals surface area contributed by atoms with Gasteiger partial charge in [-0.3, -0.25) is 0 Å². The number of carbonyl (C=O) groups is 1. The van der Waals surface area contributed by atoms with Crippen LogP contribution in [0.25, 0.3) is 0 Å². The van der Waals surface area contributed by atoms with Gasteiger partial charge in [0.05, 0.1) is 6.61 Å². The summed E-state index contributed by atoms with van der Waals surface area (Å²) in [5.41, 5.74) is 0.480. The van der Waals surface area contributed by atoms with Crippen LogP contribution in [-0.4, -0.2) is 22.9 Å². The second-order valence-electron chi connectivity index (χ2n) is 4.31. The number of alkyl halides is 1. The molecule has 1 saturated carbocycles. The first kappa shape index (κ1) is 10.7. The zero-order valence-electron chi connectivity index (χ0n) is 8.48. The number of carbonyl (C=O) groups excluding carboxylic acids is 1. The van der Waals surface area contributed by atoms with Crippen LogP contribution in [0.2, 0.25) is 0 Å². The molecule has 1 aliphatic rings. The molecule has 1 fully saturated rings. The summed E-state index contributed by atoms with van der Waals surface area (Å²) >= 11 is 6.21. The van der Waals surface area contributed by atoms with E-state index in [9.17, 15) is 9.90 Å². The highest BCUT2D eigenvalue weighted by Crippen LogP contribution is 2.70. The second-order valence-corrected chi connectivity index (χ2v) is 4.93. The lowest BCUT2D eigenvalue weighted by molar-refractivity contribution is -0.108. The van der Waals surface area contributed by atoms with Crippen LogP contribution in [0.3, 0.4) is 0 Å². The molecule has 0 bridgehead atoms. The zero-order chi connectivity index (χ0) is 11.1. The van der Waals surface area contributed by atoms with E-state index in [-0.39, 0.29) is 12.5 Å². The van der Waals surface area contributed by atoms with Gasteiger partial charge in [-0.25, -0.2) is 0 Å². The van der Waals surface area contributed by atoms with E-state index < -0.39 is 10.3 Å². The van der Waals surface area contributed by atoms with E-state index in [2.05, 4.69) is 0 Å². The molecule has 0 aliphatic heterocycles. The number of hydrogen-bond acceptors (Lipinski definition) is 2. The van der Waals surface area contributed by atoms with Crippen molar-refractivity contribution in [1.29, 1.82) is 0 Å². The van der Waals surface area contributed by atoms with Crippen molar-refractivity contribution in [2.75, 3.05) is 6.61 Å². The van der Waals surface area contributed by atoms with Gasteiger partial charge < -0.3 is 9.90 Å². The van der Waals surface area contributed by atoms with Crippen LogP contribution in [0, 0.1) is 5.41 Å². The molecule has 2 nitrogen and oxygen atoms in total. The van der Waals surface area contributed by atoms with Crippen molar-refractivity contribution in [3.8, 4) is 0 Å². The van der Waals surface area contributed by atoms with Crippen LogP contribution in [-0.2, 0) is 4.79 Å². The van der Waals surface area contributed by atoms with E-state index in [1.165, 1.54) is 0 Å². The fourth-order valence-corrected chi connectivity index (χ4v) is 2.81. The Bertz CT molecular complexity index is 378. The molecule has 0 unspecified atom stereocenters. The SMILES string of the molecule is C[C@@]1(CO)[C@@H](c2ccccc2)[C@]1(Cl)C=O. The number of aldehydes is 1. The average molecular weight is 225 g/mol. The zero-order valence-corrected chi connectivity index (χ0v) is 9.24. The van der Waals surface area contributed by atoms with Gasteiger partial charge in [0.1, 0.15) is 11.2 Å². The van der Waals surface area contributed by atoms with Crippen molar-refractivity contribution in [2.45, 2.75) is 17.7 Å². The molecule has 0 spiro atoms. The molecule has 1 N–H and O–H groups in total. The highest BCUT2D eigenvalue weighted by Gasteiger charge is 2.73. The molecular formula is C12H13ClO2. The lowest BCUT2D eigenvalue weighted by Gasteiger charge is -2.06. The molecule has 15 heavy (non-hydrogen) atoms. The van der Waals surface area contributed by atoms with Gasteiger partial charge in [-0.2, -0.15) is 0 Å². The number of hydrogen-bond donors (Lipinski definition) is 1. The smallest absolute Gasteiger partial charge is 0.142 e. The fraction of sp³-hybridized carbons (Fsp3) is 0.417. The lowest BCUT2D eigenvalue weighted by Crippen LogP contribution is -2.15. The Kier molecular flexibility index (Phi) is 2.36. The summed E-state index contributed by atoms with van der Waals surface area (Å²) in [5, 5.41) is 9.32. The molecule has 0 aromatic heterocycles. The highest BCUT2D eigenvalue weighted by atomic mass is 35.5. The molecule has 0 amide bonds. The van der Waals surface area contributed by atoms with Crippen LogP contribution in [0.1, 0.15) is 18.4 Å². The molecule has 0 radical (unpaired) electrons. The molecule has 3 atom stereocenters. The van der Waals surface area contributed by atoms with E-state index in [1.807, 2.05) is 37.3 Å². The average Bonchev–Trinajstić information content (AvgIpc) is 2.79. The monoisotopic (exact) mass is 224 g/mol. The predicted octanol–water partition coefficient (Wildman–Crippen LogP) is 1.96. The van der Waals surface area contributed by atoms with Crippen molar-refractivity contribution < 1.29 is 9.90 Å². The van der Waals surface area contributed by atoms with Crippen LogP contribution >= 0.6 is 11.6 Å². The summed E-state index contributed by atoms with van der Waals surface area (Å²) in [4.78, 5) is 10.1. The minimum atomic E-state index is -0.941. The van der Waals surface area contributed by atoms with Crippen molar-refractivity contribution in [2.24, 2.45) is 5.41 Å². The van der Waals surface area contributed by atoms with Gasteiger partial charge in [0.2, 0.25) is 0 Å². The van der Waals surface area contributed by atoms with Gasteiger partial charge >= 0.3 is 0 Å². The van der Waals surface area contributed by atoms with Gasteiger partial charge in [0, 0.05) is 11.3 Å². The Labute approximate surface area is 93.9 Å². The Morgan fingerprint density at radius 3 is 2.47 bits per heavy atom. The molecule has 0 heterocycles. The summed E-state index contributed by atoms with van der Waals surface area (Å²) < 4.78 is 0. The lowest BCUT2D eigenvalue weighted by atomic mass is 10.0. The Hall–Kier alpha value is -0.860. The maximum atomic E-state index is 11.0. The maximum Gasteiger partial charge on any atom is 0.142 e. The molecule has 1 aliphatic carbocycles. The minimum absolute atomic E-state index is 0.0746. The predicted molar refractivity (Wildman–Crippen MR) is 59.0 cm³/mol. The summed E-state index contributed by atoms with van der Waals surface area (Å²) in [6.45, 7) is 1.76. The summed E-state index contributed by atoms with van der Waals surface area (Å²) in [5.74, 6) is -0.0876. The topological polar surface area (TPSA) is 37.3 Å². The number of rotatable bonds is 3. The van der Waals surface area contributed by atoms with Crippen LogP contribution in [0.4, 0.5) is 0 Å². The second kappa shape index (κ2) is 3.32. The maximum absolute atomic E-state index is 11.0. The third-order valence-corrected chi connectivity index (χ3v) is 4.22. The van der Waals surface area contributed by atoms with Gasteiger partial charge in [-0.1, -0.05) is 37.3 Å². The molecule has 1 aromatic carbocycles. The Morgan fingerprint density at radius 1 is 1.47 bits per heavy atom. The van der Waals surface area contributed by atoms with E-state index in [1.54, 1.807) is 0 Å². The molecule has 3 heteroatoms. The third-order valence-electron chi connectivity index (χ3n) is 3.48. The molecular weight excluding hydrogens is 212 g/mol. The minimum Gasteiger partial charge on any atom is -0.396 e. The number of halogens is 1. The normalized spacial score (nSPS) is 38.7. The Morgan fingerprint density at radius 2 is 2.07 bits per heavy atom. The standard InChI is InChI=1S/C12H13ClO2/c1-11(7-14)10(12(11,13)8-15)9-5-3-2-4-6-9/h2-6,8,10,14H,7H2,1H3/t10-,11-,12-/m1/s1. The van der Waals surface area contributed by atoms with Gasteiger partial charge in [0.15, 0.2) is 0 Å². The first-order chi connectivity index (χ1) is 7.10. The van der Waals surface area contributed by atoms with Gasteiger partial charge in [-0.05, 0) is 5.56 Å².